The summed E-state index contributed by atoms with van der Waals surface area (Å²) in [6.45, 7) is 10.6. The summed E-state index contributed by atoms with van der Waals surface area (Å²) in [7, 11) is 0. The van der Waals surface area contributed by atoms with Crippen molar-refractivity contribution in [2.45, 2.75) is 79.2 Å². The van der Waals surface area contributed by atoms with E-state index in [1.807, 2.05) is 6.07 Å². The van der Waals surface area contributed by atoms with Crippen LogP contribution in [0.2, 0.25) is 0 Å². The number of unbranched alkanes of at least 4 members (excludes halogenated alkanes) is 1. The molecule has 0 radical (unpaired) electrons. The number of hydrogen-bond donors (Lipinski definition) is 2. The van der Waals surface area contributed by atoms with E-state index in [9.17, 15) is 4.79 Å². The maximum Gasteiger partial charge on any atom is 0.304 e. The molecule has 0 spiro atoms. The molecule has 0 fully saturated rings. The van der Waals surface area contributed by atoms with Crippen LogP contribution in [0.3, 0.4) is 0 Å². The Bertz CT molecular complexity index is 847. The van der Waals surface area contributed by atoms with Crippen molar-refractivity contribution in [1.82, 2.24) is 5.32 Å². The third-order valence-corrected chi connectivity index (χ3v) is 6.16. The maximum atomic E-state index is 10.6. The predicted octanol–water partition coefficient (Wildman–Crippen LogP) is 6.38. The van der Waals surface area contributed by atoms with Crippen LogP contribution in [-0.4, -0.2) is 24.2 Å². The molecule has 0 saturated carbocycles. The molecule has 0 bridgehead atoms. The number of carboxylic acids is 1. The van der Waals surface area contributed by atoms with E-state index in [0.717, 1.165) is 36.3 Å². The average Bonchev–Trinajstić information content (AvgIpc) is 2.76. The topological polar surface area (TPSA) is 58.6 Å². The van der Waals surface area contributed by atoms with Crippen molar-refractivity contribution in [3.63, 3.8) is 0 Å². The molecule has 0 aliphatic heterocycles. The molecule has 4 heteroatoms. The molecular weight excluding hydrogens is 398 g/mol. The van der Waals surface area contributed by atoms with Gasteiger partial charge in [-0.15, -0.1) is 0 Å². The van der Waals surface area contributed by atoms with Crippen LogP contribution in [0, 0.1) is 26.7 Å². The summed E-state index contributed by atoms with van der Waals surface area (Å²) in [4.78, 5) is 10.6. The highest BCUT2D eigenvalue weighted by atomic mass is 16.5. The van der Waals surface area contributed by atoms with Crippen molar-refractivity contribution in [3.05, 3.63) is 64.2 Å². The van der Waals surface area contributed by atoms with Crippen LogP contribution in [0.25, 0.3) is 0 Å². The standard InChI is InChI=1S/C28H41NO3/c1-5-6-8-24(19-25-11-10-21(2)22(3)17-25)9-7-16-32-27-13-12-26(18-23(27)4)20-29-15-14-28(30)31/h10-13,17-18,24,29H,5-9,14-16,19-20H2,1-4H3,(H,30,31). The van der Waals surface area contributed by atoms with E-state index in [1.54, 1.807) is 0 Å². The lowest BCUT2D eigenvalue weighted by Crippen LogP contribution is -2.17. The molecule has 0 aromatic heterocycles. The number of aliphatic carboxylic acids is 1. The Morgan fingerprint density at radius 3 is 2.38 bits per heavy atom. The number of ether oxygens (including phenoxy) is 1. The third-order valence-electron chi connectivity index (χ3n) is 6.16. The number of benzene rings is 2. The minimum Gasteiger partial charge on any atom is -0.493 e. The zero-order valence-electron chi connectivity index (χ0n) is 20.4. The van der Waals surface area contributed by atoms with Gasteiger partial charge >= 0.3 is 5.97 Å². The zero-order valence-corrected chi connectivity index (χ0v) is 20.4. The van der Waals surface area contributed by atoms with Gasteiger partial charge in [-0.05, 0) is 79.8 Å². The molecule has 1 unspecified atom stereocenters. The van der Waals surface area contributed by atoms with Gasteiger partial charge in [0.1, 0.15) is 5.75 Å². The Balaban J connectivity index is 1.79. The van der Waals surface area contributed by atoms with E-state index >= 15 is 0 Å². The Hall–Kier alpha value is -2.33. The Labute approximate surface area is 194 Å². The van der Waals surface area contributed by atoms with Crippen LogP contribution in [0.1, 0.15) is 73.3 Å². The molecule has 2 rings (SSSR count). The summed E-state index contributed by atoms with van der Waals surface area (Å²) >= 11 is 0. The lowest BCUT2D eigenvalue weighted by molar-refractivity contribution is -0.136. The van der Waals surface area contributed by atoms with E-state index in [1.165, 1.54) is 42.4 Å². The van der Waals surface area contributed by atoms with E-state index in [-0.39, 0.29) is 6.42 Å². The summed E-state index contributed by atoms with van der Waals surface area (Å²) in [5.41, 5.74) is 6.48. The molecule has 4 nitrogen and oxygen atoms in total. The van der Waals surface area contributed by atoms with Crippen molar-refractivity contribution in [3.8, 4) is 5.75 Å². The molecule has 0 aliphatic rings. The van der Waals surface area contributed by atoms with Gasteiger partial charge in [0.2, 0.25) is 0 Å². The third kappa shape index (κ3) is 9.44. The maximum absolute atomic E-state index is 10.6. The second-order valence-electron chi connectivity index (χ2n) is 9.04. The quantitative estimate of drug-likeness (QED) is 0.316. The SMILES string of the molecule is CCCCC(CCCOc1ccc(CNCCC(=O)O)cc1C)Cc1ccc(C)c(C)c1. The molecule has 32 heavy (non-hydrogen) atoms. The fourth-order valence-electron chi connectivity index (χ4n) is 4.07. The normalized spacial score (nSPS) is 12.0. The largest absolute Gasteiger partial charge is 0.493 e. The summed E-state index contributed by atoms with van der Waals surface area (Å²) in [5, 5.41) is 11.9. The van der Waals surface area contributed by atoms with Gasteiger partial charge in [-0.1, -0.05) is 56.5 Å². The molecule has 2 N–H and O–H groups in total. The van der Waals surface area contributed by atoms with Gasteiger partial charge in [0.15, 0.2) is 0 Å². The van der Waals surface area contributed by atoms with Gasteiger partial charge in [0.25, 0.3) is 0 Å². The lowest BCUT2D eigenvalue weighted by atomic mass is 9.89. The first-order valence-electron chi connectivity index (χ1n) is 12.1. The van der Waals surface area contributed by atoms with Gasteiger partial charge in [-0.3, -0.25) is 4.79 Å². The van der Waals surface area contributed by atoms with Crippen LogP contribution in [-0.2, 0) is 17.8 Å². The van der Waals surface area contributed by atoms with Gasteiger partial charge < -0.3 is 15.2 Å². The molecule has 2 aromatic carbocycles. The predicted molar refractivity (Wildman–Crippen MR) is 133 cm³/mol. The van der Waals surface area contributed by atoms with Gasteiger partial charge in [0.05, 0.1) is 13.0 Å². The highest BCUT2D eigenvalue weighted by Crippen LogP contribution is 2.23. The van der Waals surface area contributed by atoms with Crippen LogP contribution in [0.5, 0.6) is 5.75 Å². The second kappa shape index (κ2) is 13.9. The molecule has 0 amide bonds. The molecule has 2 aromatic rings. The number of aryl methyl sites for hydroxylation is 3. The fraction of sp³-hybridized carbons (Fsp3) is 0.536. The summed E-state index contributed by atoms with van der Waals surface area (Å²) < 4.78 is 6.09. The number of nitrogens with one attached hydrogen (secondary N) is 1. The van der Waals surface area contributed by atoms with Crippen molar-refractivity contribution in [2.75, 3.05) is 13.2 Å². The highest BCUT2D eigenvalue weighted by molar-refractivity contribution is 5.66. The van der Waals surface area contributed by atoms with E-state index < -0.39 is 5.97 Å². The average molecular weight is 440 g/mol. The van der Waals surface area contributed by atoms with Crippen LogP contribution in [0.15, 0.2) is 36.4 Å². The van der Waals surface area contributed by atoms with Crippen LogP contribution in [0.4, 0.5) is 0 Å². The summed E-state index contributed by atoms with van der Waals surface area (Å²) in [6, 6.07) is 13.1. The first-order valence-corrected chi connectivity index (χ1v) is 12.1. The second-order valence-corrected chi connectivity index (χ2v) is 9.04. The fourth-order valence-corrected chi connectivity index (χ4v) is 4.07. The number of hydrogen-bond acceptors (Lipinski definition) is 3. The summed E-state index contributed by atoms with van der Waals surface area (Å²) in [6.07, 6.45) is 7.38. The van der Waals surface area contributed by atoms with Crippen LogP contribution >= 0.6 is 0 Å². The molecule has 0 aliphatic carbocycles. The number of carbonyl (C=O) groups is 1. The minimum atomic E-state index is -0.775. The van der Waals surface area contributed by atoms with E-state index in [4.69, 9.17) is 9.84 Å². The molecule has 1 atom stereocenters. The molecule has 0 saturated heterocycles. The molecule has 176 valence electrons. The Morgan fingerprint density at radius 2 is 1.69 bits per heavy atom. The van der Waals surface area contributed by atoms with E-state index in [2.05, 4.69) is 63.3 Å². The lowest BCUT2D eigenvalue weighted by Gasteiger charge is -2.18. The minimum absolute atomic E-state index is 0.142. The highest BCUT2D eigenvalue weighted by Gasteiger charge is 2.11. The van der Waals surface area contributed by atoms with Crippen molar-refractivity contribution in [2.24, 2.45) is 5.92 Å². The van der Waals surface area contributed by atoms with Gasteiger partial charge in [0, 0.05) is 13.1 Å². The van der Waals surface area contributed by atoms with Crippen molar-refractivity contribution >= 4 is 5.97 Å². The van der Waals surface area contributed by atoms with Gasteiger partial charge in [-0.25, -0.2) is 0 Å². The zero-order chi connectivity index (χ0) is 23.3. The van der Waals surface area contributed by atoms with Crippen molar-refractivity contribution < 1.29 is 14.6 Å². The Morgan fingerprint density at radius 1 is 0.969 bits per heavy atom. The van der Waals surface area contributed by atoms with E-state index in [0.29, 0.717) is 19.0 Å². The first-order chi connectivity index (χ1) is 15.4. The monoisotopic (exact) mass is 439 g/mol. The smallest absolute Gasteiger partial charge is 0.304 e. The molecule has 0 heterocycles. The Kier molecular flexibility index (Phi) is 11.3. The molecular formula is C28H41NO3. The number of rotatable bonds is 15. The van der Waals surface area contributed by atoms with Crippen molar-refractivity contribution in [1.29, 1.82) is 0 Å². The number of carboxylic acid groups (broad SMARTS) is 1. The first kappa shape index (κ1) is 25.9. The van der Waals surface area contributed by atoms with Gasteiger partial charge in [-0.2, -0.15) is 0 Å². The van der Waals surface area contributed by atoms with Crippen LogP contribution < -0.4 is 10.1 Å². The summed E-state index contributed by atoms with van der Waals surface area (Å²) in [5.74, 6) is 0.878.